The molecule has 1 aliphatic carbocycles. The maximum absolute atomic E-state index is 12.7. The number of carbonyl (C=O) groups excluding carboxylic acids is 1. The van der Waals surface area contributed by atoms with Gasteiger partial charge in [0.15, 0.2) is 0 Å². The Morgan fingerprint density at radius 2 is 2.14 bits per heavy atom. The van der Waals surface area contributed by atoms with Crippen molar-refractivity contribution in [3.05, 3.63) is 33.8 Å². The maximum Gasteiger partial charge on any atom is 0.226 e. The molecule has 2 atom stereocenters. The molecule has 1 saturated carbocycles. The van der Waals surface area contributed by atoms with Crippen LogP contribution in [-0.4, -0.2) is 23.4 Å². The second-order valence-corrected chi connectivity index (χ2v) is 6.87. The van der Waals surface area contributed by atoms with Crippen molar-refractivity contribution in [2.45, 2.75) is 44.7 Å². The summed E-state index contributed by atoms with van der Waals surface area (Å²) in [6.07, 6.45) is 4.98. The minimum Gasteiger partial charge on any atom is -0.338 e. The lowest BCUT2D eigenvalue weighted by molar-refractivity contribution is -0.137. The topological polar surface area (TPSA) is 46.3 Å². The maximum atomic E-state index is 12.7. The van der Waals surface area contributed by atoms with Crippen LogP contribution in [0.2, 0.25) is 0 Å². The van der Waals surface area contributed by atoms with Crippen molar-refractivity contribution in [1.82, 2.24) is 4.90 Å². The Balaban J connectivity index is 0.00000161. The van der Waals surface area contributed by atoms with Crippen LogP contribution in [0.3, 0.4) is 0 Å². The summed E-state index contributed by atoms with van der Waals surface area (Å²) in [5.74, 6) is 0.448. The van der Waals surface area contributed by atoms with E-state index in [1.807, 2.05) is 4.90 Å². The van der Waals surface area contributed by atoms with Gasteiger partial charge in [-0.2, -0.15) is 0 Å². The average molecular weight is 374 g/mol. The van der Waals surface area contributed by atoms with Crippen molar-refractivity contribution in [1.29, 1.82) is 0 Å². The monoisotopic (exact) mass is 372 g/mol. The van der Waals surface area contributed by atoms with Crippen LogP contribution in [0.15, 0.2) is 22.7 Å². The first-order valence-electron chi connectivity index (χ1n) is 7.46. The highest BCUT2D eigenvalue weighted by molar-refractivity contribution is 9.10. The lowest BCUT2D eigenvalue weighted by Gasteiger charge is -2.34. The molecule has 116 valence electrons. The van der Waals surface area contributed by atoms with Gasteiger partial charge in [0, 0.05) is 29.5 Å². The van der Waals surface area contributed by atoms with Gasteiger partial charge >= 0.3 is 0 Å². The summed E-state index contributed by atoms with van der Waals surface area (Å²) in [6.45, 7) is 1.58. The zero-order valence-electron chi connectivity index (χ0n) is 12.1. The molecular formula is C16H22BrClN2O. The molecular weight excluding hydrogens is 352 g/mol. The number of amides is 1. The zero-order chi connectivity index (χ0) is 14.1. The summed E-state index contributed by atoms with van der Waals surface area (Å²) in [7, 11) is 0. The smallest absolute Gasteiger partial charge is 0.226 e. The number of hydrogen-bond donors (Lipinski definition) is 1. The quantitative estimate of drug-likeness (QED) is 0.821. The first-order chi connectivity index (χ1) is 9.65. The van der Waals surface area contributed by atoms with Crippen molar-refractivity contribution in [2.75, 3.05) is 6.54 Å². The van der Waals surface area contributed by atoms with Gasteiger partial charge in [-0.1, -0.05) is 34.5 Å². The molecule has 3 rings (SSSR count). The number of carbonyl (C=O) groups is 1. The molecule has 0 saturated heterocycles. The lowest BCUT2D eigenvalue weighted by Crippen LogP contribution is -2.43. The van der Waals surface area contributed by atoms with Crippen LogP contribution in [-0.2, 0) is 17.8 Å². The molecule has 0 radical (unpaired) electrons. The third-order valence-corrected chi connectivity index (χ3v) is 5.33. The molecule has 1 fully saturated rings. The number of fused-ring (bicyclic) bond motifs is 1. The highest BCUT2D eigenvalue weighted by atomic mass is 79.9. The van der Waals surface area contributed by atoms with Crippen LogP contribution in [0.4, 0.5) is 0 Å². The Hall–Kier alpha value is -0.580. The number of rotatable bonds is 1. The summed E-state index contributed by atoms with van der Waals surface area (Å²) in [5.41, 5.74) is 8.65. The van der Waals surface area contributed by atoms with Crippen LogP contribution in [0.1, 0.15) is 36.8 Å². The molecule has 0 aromatic heterocycles. The van der Waals surface area contributed by atoms with Gasteiger partial charge in [0.25, 0.3) is 0 Å². The molecule has 1 aliphatic heterocycles. The van der Waals surface area contributed by atoms with E-state index in [-0.39, 0.29) is 24.4 Å². The minimum absolute atomic E-state index is 0. The molecule has 1 heterocycles. The predicted molar refractivity (Wildman–Crippen MR) is 90.4 cm³/mol. The fourth-order valence-electron chi connectivity index (χ4n) is 3.44. The largest absolute Gasteiger partial charge is 0.338 e. The first-order valence-corrected chi connectivity index (χ1v) is 8.25. The van der Waals surface area contributed by atoms with E-state index in [1.165, 1.54) is 11.1 Å². The lowest BCUT2D eigenvalue weighted by atomic mass is 9.84. The van der Waals surface area contributed by atoms with E-state index >= 15 is 0 Å². The highest BCUT2D eigenvalue weighted by Crippen LogP contribution is 2.30. The van der Waals surface area contributed by atoms with Gasteiger partial charge in [-0.05, 0) is 42.9 Å². The van der Waals surface area contributed by atoms with Crippen molar-refractivity contribution >= 4 is 34.2 Å². The van der Waals surface area contributed by atoms with E-state index < -0.39 is 0 Å². The summed E-state index contributed by atoms with van der Waals surface area (Å²) in [6, 6.07) is 6.50. The Kier molecular flexibility index (Phi) is 5.69. The van der Waals surface area contributed by atoms with E-state index in [0.29, 0.717) is 5.91 Å². The van der Waals surface area contributed by atoms with Crippen LogP contribution < -0.4 is 5.73 Å². The Morgan fingerprint density at radius 3 is 2.90 bits per heavy atom. The standard InChI is InChI=1S/C16H21BrN2O.ClH/c17-15-6-2-3-11-7-8-19(10-14(11)15)16(20)12-4-1-5-13(18)9-12;/h2-3,6,12-13H,1,4-5,7-10,18H2;1H. The SMILES string of the molecule is Cl.NC1CCCC(C(=O)N2CCc3cccc(Br)c3C2)C1. The van der Waals surface area contributed by atoms with Gasteiger partial charge in [-0.3, -0.25) is 4.79 Å². The molecule has 2 unspecified atom stereocenters. The van der Waals surface area contributed by atoms with Crippen LogP contribution in [0.5, 0.6) is 0 Å². The summed E-state index contributed by atoms with van der Waals surface area (Å²) < 4.78 is 1.12. The Bertz CT molecular complexity index is 523. The molecule has 0 spiro atoms. The van der Waals surface area contributed by atoms with Crippen molar-refractivity contribution in [3.8, 4) is 0 Å². The number of halogens is 2. The molecule has 2 N–H and O–H groups in total. The highest BCUT2D eigenvalue weighted by Gasteiger charge is 2.31. The summed E-state index contributed by atoms with van der Waals surface area (Å²) in [5, 5.41) is 0. The Morgan fingerprint density at radius 1 is 1.33 bits per heavy atom. The van der Waals surface area contributed by atoms with Gasteiger partial charge in [0.05, 0.1) is 0 Å². The van der Waals surface area contributed by atoms with Crippen molar-refractivity contribution in [3.63, 3.8) is 0 Å². The number of nitrogens with two attached hydrogens (primary N) is 1. The number of benzene rings is 1. The molecule has 2 aliphatic rings. The van der Waals surface area contributed by atoms with Gasteiger partial charge in [0.2, 0.25) is 5.91 Å². The normalized spacial score (nSPS) is 25.0. The molecule has 1 aromatic rings. The van der Waals surface area contributed by atoms with Crippen molar-refractivity contribution in [2.24, 2.45) is 11.7 Å². The molecule has 5 heteroatoms. The number of nitrogens with zero attached hydrogens (tertiary/aromatic N) is 1. The van der Waals surface area contributed by atoms with Gasteiger partial charge in [-0.15, -0.1) is 12.4 Å². The zero-order valence-corrected chi connectivity index (χ0v) is 14.5. The van der Waals surface area contributed by atoms with Gasteiger partial charge < -0.3 is 10.6 Å². The van der Waals surface area contributed by atoms with E-state index in [9.17, 15) is 4.79 Å². The minimum atomic E-state index is 0. The Labute approximate surface area is 140 Å². The molecule has 21 heavy (non-hydrogen) atoms. The average Bonchev–Trinajstić information content (AvgIpc) is 2.47. The molecule has 0 bridgehead atoms. The summed E-state index contributed by atoms with van der Waals surface area (Å²) >= 11 is 3.61. The van der Waals surface area contributed by atoms with Crippen LogP contribution in [0.25, 0.3) is 0 Å². The summed E-state index contributed by atoms with van der Waals surface area (Å²) in [4.78, 5) is 14.7. The predicted octanol–water partition coefficient (Wildman–Crippen LogP) is 3.27. The van der Waals surface area contributed by atoms with Gasteiger partial charge in [0.1, 0.15) is 0 Å². The third-order valence-electron chi connectivity index (χ3n) is 4.59. The fraction of sp³-hybridized carbons (Fsp3) is 0.562. The van der Waals surface area contributed by atoms with E-state index in [2.05, 4.69) is 34.1 Å². The van der Waals surface area contributed by atoms with E-state index in [4.69, 9.17) is 5.73 Å². The molecule has 1 amide bonds. The van der Waals surface area contributed by atoms with Gasteiger partial charge in [-0.25, -0.2) is 0 Å². The van der Waals surface area contributed by atoms with E-state index in [0.717, 1.165) is 49.7 Å². The van der Waals surface area contributed by atoms with E-state index in [1.54, 1.807) is 0 Å². The first kappa shape index (κ1) is 16.8. The van der Waals surface area contributed by atoms with Crippen LogP contribution >= 0.6 is 28.3 Å². The fourth-order valence-corrected chi connectivity index (χ4v) is 3.97. The second kappa shape index (κ2) is 7.12. The second-order valence-electron chi connectivity index (χ2n) is 6.01. The number of hydrogen-bond acceptors (Lipinski definition) is 2. The van der Waals surface area contributed by atoms with Crippen molar-refractivity contribution < 1.29 is 4.79 Å². The molecule has 3 nitrogen and oxygen atoms in total. The third kappa shape index (κ3) is 3.61. The molecule has 1 aromatic carbocycles. The van der Waals surface area contributed by atoms with Crippen LogP contribution in [0, 0.1) is 5.92 Å².